The first-order valence-corrected chi connectivity index (χ1v) is 6.56. The van der Waals surface area contributed by atoms with E-state index in [1.165, 1.54) is 36.8 Å². The Morgan fingerprint density at radius 2 is 1.67 bits per heavy atom. The fourth-order valence-electron chi connectivity index (χ4n) is 1.22. The van der Waals surface area contributed by atoms with Gasteiger partial charge >= 0.3 is 10.1 Å². The van der Waals surface area contributed by atoms with E-state index >= 15 is 0 Å². The van der Waals surface area contributed by atoms with Gasteiger partial charge in [-0.3, -0.25) is 4.28 Å². The molecule has 0 saturated heterocycles. The summed E-state index contributed by atoms with van der Waals surface area (Å²) in [5.74, 6) is 0. The Kier molecular flexibility index (Phi) is 3.47. The van der Waals surface area contributed by atoms with Crippen LogP contribution >= 0.6 is 0 Å². The minimum Gasteiger partial charge on any atom is -0.472 e. The summed E-state index contributed by atoms with van der Waals surface area (Å²) in [6.07, 6.45) is 2.75. The lowest BCUT2D eigenvalue weighted by atomic mass is 10.2. The van der Waals surface area contributed by atoms with Crippen LogP contribution in [-0.4, -0.2) is 8.42 Å². The van der Waals surface area contributed by atoms with E-state index < -0.39 is 10.1 Å². The number of rotatable bonds is 3. The van der Waals surface area contributed by atoms with Gasteiger partial charge in [0.25, 0.3) is 0 Å². The highest BCUT2D eigenvalue weighted by Gasteiger charge is 2.14. The summed E-state index contributed by atoms with van der Waals surface area (Å²) in [6, 6.07) is 9.31. The molecule has 0 N–H and O–H groups in total. The zero-order chi connectivity index (χ0) is 13.0. The van der Waals surface area contributed by atoms with Gasteiger partial charge in [-0.2, -0.15) is 8.42 Å². The minimum absolute atomic E-state index is 0.0671. The molecule has 2 rings (SSSR count). The molecule has 1 aromatic carbocycles. The van der Waals surface area contributed by atoms with Gasteiger partial charge < -0.3 is 4.42 Å². The highest BCUT2D eigenvalue weighted by molar-refractivity contribution is 7.86. The van der Waals surface area contributed by atoms with Crippen LogP contribution in [0.2, 0.25) is 0 Å². The molecule has 18 heavy (non-hydrogen) atoms. The van der Waals surface area contributed by atoms with Gasteiger partial charge in [0.2, 0.25) is 0 Å². The van der Waals surface area contributed by atoms with Gasteiger partial charge in [0.15, 0.2) is 0 Å². The summed E-state index contributed by atoms with van der Waals surface area (Å²) < 4.78 is 32.9. The Bertz CT molecular complexity index is 669. The number of aryl methyl sites for hydroxylation is 1. The molecule has 0 spiro atoms. The summed E-state index contributed by atoms with van der Waals surface area (Å²) in [5.41, 5.74) is 0.968. The smallest absolute Gasteiger partial charge is 0.358 e. The van der Waals surface area contributed by atoms with E-state index in [1.807, 2.05) is 6.92 Å². The van der Waals surface area contributed by atoms with Gasteiger partial charge in [-0.1, -0.05) is 22.9 Å². The maximum Gasteiger partial charge on any atom is 0.358 e. The summed E-state index contributed by atoms with van der Waals surface area (Å²) >= 11 is 0. The lowest BCUT2D eigenvalue weighted by Crippen LogP contribution is -2.07. The molecule has 0 fully saturated rings. The van der Waals surface area contributed by atoms with Gasteiger partial charge in [-0.05, 0) is 19.1 Å². The zero-order valence-corrected chi connectivity index (χ0v) is 10.4. The fourth-order valence-corrected chi connectivity index (χ4v) is 1.96. The normalized spacial score (nSPS) is 10.9. The van der Waals surface area contributed by atoms with Crippen molar-refractivity contribution in [2.45, 2.75) is 11.8 Å². The maximum absolute atomic E-state index is 11.8. The van der Waals surface area contributed by atoms with Crippen molar-refractivity contribution in [1.29, 1.82) is 0 Å². The summed E-state index contributed by atoms with van der Waals surface area (Å²) in [7, 11) is -3.87. The topological polar surface area (TPSA) is 68.9 Å². The molecule has 0 aliphatic carbocycles. The maximum atomic E-state index is 11.8. The van der Waals surface area contributed by atoms with Crippen LogP contribution < -0.4 is 5.36 Å². The predicted octanol–water partition coefficient (Wildman–Crippen LogP) is 1.81. The first kappa shape index (κ1) is 12.4. The van der Waals surface area contributed by atoms with E-state index in [-0.39, 0.29) is 4.90 Å². The standard InChI is InChI=1S/C12H11NO4S/c1-10-2-4-12(5-3-10)18(14,15)17-13-11-6-8-16-9-7-11/h2-9H,1H3. The average molecular weight is 265 g/mol. The van der Waals surface area contributed by atoms with E-state index in [1.54, 1.807) is 12.1 Å². The van der Waals surface area contributed by atoms with Crippen LogP contribution in [-0.2, 0) is 14.4 Å². The Morgan fingerprint density at radius 1 is 1.06 bits per heavy atom. The summed E-state index contributed by atoms with van der Waals surface area (Å²) in [5, 5.41) is 3.89. The van der Waals surface area contributed by atoms with E-state index in [2.05, 4.69) is 9.44 Å². The van der Waals surface area contributed by atoms with Crippen LogP contribution in [0.3, 0.4) is 0 Å². The second-order valence-corrected chi connectivity index (χ2v) is 5.13. The van der Waals surface area contributed by atoms with Crippen LogP contribution in [0.5, 0.6) is 0 Å². The second-order valence-electron chi connectivity index (χ2n) is 3.60. The number of hydrogen-bond donors (Lipinski definition) is 0. The molecule has 94 valence electrons. The molecule has 5 nitrogen and oxygen atoms in total. The van der Waals surface area contributed by atoms with E-state index in [0.29, 0.717) is 5.36 Å². The van der Waals surface area contributed by atoms with Crippen molar-refractivity contribution < 1.29 is 17.1 Å². The molecule has 0 aliphatic heterocycles. The molecule has 6 heteroatoms. The fraction of sp³-hybridized carbons (Fsp3) is 0.0833. The first-order chi connectivity index (χ1) is 8.58. The monoisotopic (exact) mass is 265 g/mol. The third-order valence-electron chi connectivity index (χ3n) is 2.19. The molecule has 0 bridgehead atoms. The van der Waals surface area contributed by atoms with Crippen LogP contribution in [0.25, 0.3) is 0 Å². The van der Waals surface area contributed by atoms with Crippen LogP contribution in [0, 0.1) is 6.92 Å². The highest BCUT2D eigenvalue weighted by Crippen LogP contribution is 2.12. The third kappa shape index (κ3) is 2.98. The first-order valence-electron chi connectivity index (χ1n) is 5.15. The molecular formula is C12H11NO4S. The van der Waals surface area contributed by atoms with Crippen molar-refractivity contribution in [1.82, 2.24) is 0 Å². The Labute approximate surface area is 104 Å². The predicted molar refractivity (Wildman–Crippen MR) is 63.7 cm³/mol. The van der Waals surface area contributed by atoms with Crippen molar-refractivity contribution in [3.05, 3.63) is 59.8 Å². The second kappa shape index (κ2) is 5.05. The lowest BCUT2D eigenvalue weighted by molar-refractivity contribution is 0.324. The van der Waals surface area contributed by atoms with Crippen molar-refractivity contribution in [2.24, 2.45) is 5.16 Å². The van der Waals surface area contributed by atoms with Gasteiger partial charge in [-0.15, -0.1) is 0 Å². The Balaban J connectivity index is 2.26. The van der Waals surface area contributed by atoms with E-state index in [9.17, 15) is 8.42 Å². The van der Waals surface area contributed by atoms with Crippen LogP contribution in [0.1, 0.15) is 5.56 Å². The lowest BCUT2D eigenvalue weighted by Gasteiger charge is -2.01. The summed E-state index contributed by atoms with van der Waals surface area (Å²) in [4.78, 5) is 0.0671. The molecule has 0 amide bonds. The van der Waals surface area contributed by atoms with Gasteiger partial charge in [0, 0.05) is 12.1 Å². The zero-order valence-electron chi connectivity index (χ0n) is 9.61. The molecule has 0 atom stereocenters. The van der Waals surface area contributed by atoms with E-state index in [4.69, 9.17) is 4.42 Å². The Hall–Kier alpha value is -2.08. The molecule has 2 aromatic rings. The molecule has 1 aromatic heterocycles. The van der Waals surface area contributed by atoms with Gasteiger partial charge in [-0.25, -0.2) is 0 Å². The molecule has 0 unspecified atom stereocenters. The number of nitrogens with zero attached hydrogens (tertiary/aromatic N) is 1. The average Bonchev–Trinajstić information content (AvgIpc) is 2.38. The molecule has 0 radical (unpaired) electrons. The number of benzene rings is 1. The quantitative estimate of drug-likeness (QED) is 0.794. The van der Waals surface area contributed by atoms with Crippen molar-refractivity contribution in [3.63, 3.8) is 0 Å². The highest BCUT2D eigenvalue weighted by atomic mass is 32.2. The minimum atomic E-state index is -3.87. The van der Waals surface area contributed by atoms with Gasteiger partial charge in [0.05, 0.1) is 12.5 Å². The number of hydrogen-bond acceptors (Lipinski definition) is 5. The van der Waals surface area contributed by atoms with Crippen molar-refractivity contribution >= 4 is 10.1 Å². The molecule has 0 aliphatic rings. The van der Waals surface area contributed by atoms with Crippen LogP contribution in [0.4, 0.5) is 0 Å². The Morgan fingerprint density at radius 3 is 2.28 bits per heavy atom. The molecule has 0 saturated carbocycles. The van der Waals surface area contributed by atoms with Crippen molar-refractivity contribution in [2.75, 3.05) is 0 Å². The SMILES string of the molecule is Cc1ccc(S(=O)(=O)ON=c2ccocc2)cc1. The molecule has 1 heterocycles. The largest absolute Gasteiger partial charge is 0.472 e. The van der Waals surface area contributed by atoms with Crippen molar-refractivity contribution in [3.8, 4) is 0 Å². The van der Waals surface area contributed by atoms with E-state index in [0.717, 1.165) is 5.56 Å². The van der Waals surface area contributed by atoms with Crippen LogP contribution in [0.15, 0.2) is 63.4 Å². The third-order valence-corrected chi connectivity index (χ3v) is 3.31. The summed E-state index contributed by atoms with van der Waals surface area (Å²) in [6.45, 7) is 1.87. The van der Waals surface area contributed by atoms with Gasteiger partial charge in [0.1, 0.15) is 10.3 Å². The molecular weight excluding hydrogens is 254 g/mol.